The second kappa shape index (κ2) is 15.3. The van der Waals surface area contributed by atoms with Gasteiger partial charge in [0, 0.05) is 55.1 Å². The van der Waals surface area contributed by atoms with Crippen LogP contribution in [0.1, 0.15) is 119 Å². The van der Waals surface area contributed by atoms with Crippen LogP contribution in [-0.2, 0) is 9.47 Å². The van der Waals surface area contributed by atoms with Crippen LogP contribution in [0.2, 0.25) is 0 Å². The van der Waals surface area contributed by atoms with E-state index in [2.05, 4.69) is 72.4 Å². The van der Waals surface area contributed by atoms with Gasteiger partial charge in [0.15, 0.2) is 0 Å². The third kappa shape index (κ3) is 7.46. The molecule has 6 atom stereocenters. The highest BCUT2D eigenvalue weighted by molar-refractivity contribution is 6.03. The number of rotatable bonds is 12. The Morgan fingerprint density at radius 1 is 0.977 bits per heavy atom. The predicted molar refractivity (Wildman–Crippen MR) is 187 cm³/mol. The number of nitrogens with zero attached hydrogens (tertiary/aromatic N) is 1. The number of hydrogen-bond donors (Lipinski definition) is 0. The van der Waals surface area contributed by atoms with E-state index in [0.717, 1.165) is 76.1 Å². The molecule has 2 aliphatic heterocycles. The Balaban J connectivity index is 1.39. The first-order valence-electron chi connectivity index (χ1n) is 18.5. The van der Waals surface area contributed by atoms with Gasteiger partial charge in [0.05, 0.1) is 0 Å². The SMILES string of the molecule is C=C(N=C(/C(=C/C/C=C(\C)C12C=CC(C)=C(CC3CCCCC3)C1C2)C(CC)CC)C1CCOC[C@@H]1C)C1CCOC[C@@H]1C. The molecule has 244 valence electrons. The van der Waals surface area contributed by atoms with E-state index >= 15 is 0 Å². The van der Waals surface area contributed by atoms with Gasteiger partial charge in [-0.25, -0.2) is 0 Å². The first kappa shape index (κ1) is 33.6. The fourth-order valence-electron chi connectivity index (χ4n) is 9.15. The van der Waals surface area contributed by atoms with Crippen LogP contribution in [0.25, 0.3) is 0 Å². The van der Waals surface area contributed by atoms with E-state index in [1.807, 2.05) is 0 Å². The summed E-state index contributed by atoms with van der Waals surface area (Å²) in [5.41, 5.74) is 9.05. The van der Waals surface area contributed by atoms with Crippen molar-refractivity contribution in [2.75, 3.05) is 26.4 Å². The first-order valence-corrected chi connectivity index (χ1v) is 18.5. The number of allylic oxidation sites excluding steroid dienone is 9. The molecule has 0 bridgehead atoms. The maximum absolute atomic E-state index is 5.92. The number of aliphatic imine (C=N–C) groups is 1. The van der Waals surface area contributed by atoms with Gasteiger partial charge in [-0.1, -0.05) is 107 Å². The Hall–Kier alpha value is -1.71. The summed E-state index contributed by atoms with van der Waals surface area (Å²) in [5.74, 6) is 3.93. The van der Waals surface area contributed by atoms with Crippen LogP contribution in [-0.4, -0.2) is 32.1 Å². The van der Waals surface area contributed by atoms with Crippen LogP contribution in [0.4, 0.5) is 0 Å². The summed E-state index contributed by atoms with van der Waals surface area (Å²) >= 11 is 0. The van der Waals surface area contributed by atoms with Crippen molar-refractivity contribution >= 4 is 5.71 Å². The van der Waals surface area contributed by atoms with Crippen LogP contribution in [0.15, 0.2) is 63.9 Å². The molecule has 0 radical (unpaired) electrons. The predicted octanol–water partition coefficient (Wildman–Crippen LogP) is 10.8. The Bertz CT molecular complexity index is 1160. The molecule has 3 nitrogen and oxygen atoms in total. The highest BCUT2D eigenvalue weighted by atomic mass is 16.5. The van der Waals surface area contributed by atoms with E-state index in [-0.39, 0.29) is 5.41 Å². The zero-order chi connectivity index (χ0) is 31.3. The monoisotopic (exact) mass is 601 g/mol. The standard InChI is InChI=1S/C41H63NO2/c1-8-34(9-2)37(40(36-20-23-44-27-30(36)5)42-32(7)35-19-22-43-26-29(35)4)17-13-14-31(6)41-21-18-28(3)38(39(41)25-41)24-33-15-11-10-12-16-33/h14,17-18,21,29-30,33-36,39H,7-13,15-16,19-20,22-27H2,1-6H3/b31-14+,37-17+,42-40?/t29-,30-,35?,36?,39?,41?/m0/s1. The molecule has 3 heteroatoms. The van der Waals surface area contributed by atoms with Crippen LogP contribution < -0.4 is 0 Å². The molecule has 3 aliphatic carbocycles. The first-order chi connectivity index (χ1) is 21.3. The average Bonchev–Trinajstić information content (AvgIpc) is 3.79. The van der Waals surface area contributed by atoms with Crippen molar-refractivity contribution in [1.29, 1.82) is 0 Å². The molecule has 2 heterocycles. The van der Waals surface area contributed by atoms with Crippen LogP contribution in [0.3, 0.4) is 0 Å². The van der Waals surface area contributed by atoms with Crippen molar-refractivity contribution in [3.05, 3.63) is 58.9 Å². The molecule has 0 spiro atoms. The summed E-state index contributed by atoms with van der Waals surface area (Å²) in [6, 6.07) is 0. The van der Waals surface area contributed by atoms with Gasteiger partial charge in [0.1, 0.15) is 0 Å². The summed E-state index contributed by atoms with van der Waals surface area (Å²) in [4.78, 5) is 5.53. The Morgan fingerprint density at radius 2 is 1.64 bits per heavy atom. The lowest BCUT2D eigenvalue weighted by Crippen LogP contribution is -2.34. The minimum atomic E-state index is 0.270. The van der Waals surface area contributed by atoms with Gasteiger partial charge in [0.2, 0.25) is 0 Å². The fourth-order valence-corrected chi connectivity index (χ4v) is 9.15. The second-order valence-electron chi connectivity index (χ2n) is 15.2. The lowest BCUT2D eigenvalue weighted by molar-refractivity contribution is 0.0349. The maximum atomic E-state index is 5.92. The smallest absolute Gasteiger partial charge is 0.0498 e. The zero-order valence-corrected chi connectivity index (χ0v) is 29.1. The molecule has 0 N–H and O–H groups in total. The minimum Gasteiger partial charge on any atom is -0.381 e. The van der Waals surface area contributed by atoms with Crippen molar-refractivity contribution < 1.29 is 9.47 Å². The molecule has 5 rings (SSSR count). The number of hydrogen-bond acceptors (Lipinski definition) is 3. The highest BCUT2D eigenvalue weighted by Crippen LogP contribution is 2.65. The topological polar surface area (TPSA) is 30.8 Å². The molecule has 4 unspecified atom stereocenters. The molecule has 0 aromatic heterocycles. The van der Waals surface area contributed by atoms with Crippen molar-refractivity contribution in [3.8, 4) is 0 Å². The summed E-state index contributed by atoms with van der Waals surface area (Å²) in [6.07, 6.45) is 25.3. The molecule has 0 aromatic rings. The van der Waals surface area contributed by atoms with Crippen molar-refractivity contribution in [2.45, 2.75) is 119 Å². The van der Waals surface area contributed by atoms with Gasteiger partial charge in [-0.15, -0.1) is 0 Å². The van der Waals surface area contributed by atoms with Crippen molar-refractivity contribution in [2.24, 2.45) is 51.8 Å². The molecule has 5 aliphatic rings. The molecule has 0 amide bonds. The Labute approximate surface area is 270 Å². The molecule has 44 heavy (non-hydrogen) atoms. The lowest BCUT2D eigenvalue weighted by atomic mass is 9.77. The Morgan fingerprint density at radius 3 is 2.27 bits per heavy atom. The van der Waals surface area contributed by atoms with Gasteiger partial charge in [-0.05, 0) is 94.0 Å². The normalized spacial score (nSPS) is 34.0. The van der Waals surface area contributed by atoms with Crippen molar-refractivity contribution in [3.63, 3.8) is 0 Å². The van der Waals surface area contributed by atoms with E-state index < -0.39 is 0 Å². The summed E-state index contributed by atoms with van der Waals surface area (Å²) in [7, 11) is 0. The van der Waals surface area contributed by atoms with Gasteiger partial charge < -0.3 is 9.47 Å². The van der Waals surface area contributed by atoms with Gasteiger partial charge in [-0.3, -0.25) is 4.99 Å². The van der Waals surface area contributed by atoms with Gasteiger partial charge >= 0.3 is 0 Å². The molecule has 0 aromatic carbocycles. The maximum Gasteiger partial charge on any atom is 0.0498 e. The zero-order valence-electron chi connectivity index (χ0n) is 29.1. The third-order valence-corrected chi connectivity index (χ3v) is 12.3. The van der Waals surface area contributed by atoms with Crippen LogP contribution in [0.5, 0.6) is 0 Å². The largest absolute Gasteiger partial charge is 0.381 e. The van der Waals surface area contributed by atoms with E-state index in [0.29, 0.717) is 29.6 Å². The van der Waals surface area contributed by atoms with Crippen molar-refractivity contribution in [1.82, 2.24) is 0 Å². The minimum absolute atomic E-state index is 0.270. The molecular formula is C41H63NO2. The van der Waals surface area contributed by atoms with E-state index in [1.165, 1.54) is 56.2 Å². The molecule has 4 fully saturated rings. The van der Waals surface area contributed by atoms with E-state index in [1.54, 1.807) is 16.7 Å². The molecule has 2 saturated carbocycles. The average molecular weight is 602 g/mol. The van der Waals surface area contributed by atoms with E-state index in [4.69, 9.17) is 14.5 Å². The quantitative estimate of drug-likeness (QED) is 0.165. The van der Waals surface area contributed by atoms with Gasteiger partial charge in [-0.2, -0.15) is 0 Å². The summed E-state index contributed by atoms with van der Waals surface area (Å²) in [5, 5.41) is 0. The summed E-state index contributed by atoms with van der Waals surface area (Å²) < 4.78 is 11.7. The molecule has 2 saturated heterocycles. The van der Waals surface area contributed by atoms with Crippen LogP contribution >= 0.6 is 0 Å². The summed E-state index contributed by atoms with van der Waals surface area (Å²) in [6.45, 7) is 22.0. The Kier molecular flexibility index (Phi) is 11.7. The lowest BCUT2D eigenvalue weighted by Gasteiger charge is -2.35. The molecular weight excluding hydrogens is 538 g/mol. The number of ether oxygens (including phenoxy) is 2. The van der Waals surface area contributed by atoms with E-state index in [9.17, 15) is 0 Å². The fraction of sp³-hybridized carbons (Fsp3) is 0.732. The highest BCUT2D eigenvalue weighted by Gasteiger charge is 2.56. The second-order valence-corrected chi connectivity index (χ2v) is 15.2. The van der Waals surface area contributed by atoms with Gasteiger partial charge in [0.25, 0.3) is 0 Å². The van der Waals surface area contributed by atoms with Crippen LogP contribution in [0, 0.1) is 46.8 Å². The third-order valence-electron chi connectivity index (χ3n) is 12.3. The number of fused-ring (bicyclic) bond motifs is 1.